The van der Waals surface area contributed by atoms with Crippen LogP contribution in [0.15, 0.2) is 42.6 Å². The first-order chi connectivity index (χ1) is 10.5. The minimum absolute atomic E-state index is 0.0779. The van der Waals surface area contributed by atoms with Gasteiger partial charge in [-0.25, -0.2) is 17.8 Å². The van der Waals surface area contributed by atoms with E-state index < -0.39 is 10.0 Å². The number of benzene rings is 1. The third kappa shape index (κ3) is 5.00. The van der Waals surface area contributed by atoms with Crippen LogP contribution in [0.1, 0.15) is 19.8 Å². The number of hydrogen-bond donors (Lipinski definition) is 2. The van der Waals surface area contributed by atoms with Crippen LogP contribution in [0, 0.1) is 5.82 Å². The number of nitrogens with one attached hydrogen (secondary N) is 2. The van der Waals surface area contributed by atoms with Crippen molar-refractivity contribution in [3.05, 3.63) is 48.4 Å². The zero-order valence-electron chi connectivity index (χ0n) is 12.2. The normalized spacial score (nSPS) is 11.2. The SMILES string of the molecule is CCCCS(=O)(=O)Nc1ccc(Nc2cccc(F)c2)cn1. The van der Waals surface area contributed by atoms with Gasteiger partial charge in [-0.05, 0) is 36.8 Å². The highest BCUT2D eigenvalue weighted by Crippen LogP contribution is 2.18. The molecule has 118 valence electrons. The summed E-state index contributed by atoms with van der Waals surface area (Å²) in [5.41, 5.74) is 1.24. The number of anilines is 3. The quantitative estimate of drug-likeness (QED) is 0.818. The van der Waals surface area contributed by atoms with E-state index in [-0.39, 0.29) is 17.4 Å². The molecule has 7 heteroatoms. The Morgan fingerprint density at radius 3 is 2.64 bits per heavy atom. The minimum atomic E-state index is -3.36. The minimum Gasteiger partial charge on any atom is -0.354 e. The van der Waals surface area contributed by atoms with Crippen molar-refractivity contribution in [1.82, 2.24) is 4.98 Å². The predicted molar refractivity (Wildman–Crippen MR) is 86.2 cm³/mol. The van der Waals surface area contributed by atoms with Crippen LogP contribution in [-0.2, 0) is 10.0 Å². The fourth-order valence-electron chi connectivity index (χ4n) is 1.81. The Kier molecular flexibility index (Phi) is 5.32. The summed E-state index contributed by atoms with van der Waals surface area (Å²) < 4.78 is 39.0. The highest BCUT2D eigenvalue weighted by Gasteiger charge is 2.10. The second-order valence-electron chi connectivity index (χ2n) is 4.84. The standard InChI is InChI=1S/C15H18FN3O2S/c1-2-3-9-22(20,21)19-15-8-7-14(11-17-15)18-13-6-4-5-12(16)10-13/h4-8,10-11,18H,2-3,9H2,1H3,(H,17,19). The lowest BCUT2D eigenvalue weighted by Crippen LogP contribution is -2.17. The molecule has 1 aromatic carbocycles. The molecule has 2 rings (SSSR count). The van der Waals surface area contributed by atoms with Crippen LogP contribution >= 0.6 is 0 Å². The molecule has 0 amide bonds. The van der Waals surface area contributed by atoms with Gasteiger partial charge in [-0.15, -0.1) is 0 Å². The second-order valence-corrected chi connectivity index (χ2v) is 6.68. The van der Waals surface area contributed by atoms with Crippen LogP contribution < -0.4 is 10.0 Å². The summed E-state index contributed by atoms with van der Waals surface area (Å²) in [6.45, 7) is 1.93. The zero-order chi connectivity index (χ0) is 16.0. The first-order valence-electron chi connectivity index (χ1n) is 6.97. The lowest BCUT2D eigenvalue weighted by Gasteiger charge is -2.09. The second kappa shape index (κ2) is 7.22. The van der Waals surface area contributed by atoms with E-state index >= 15 is 0 Å². The maximum absolute atomic E-state index is 13.1. The molecule has 0 spiro atoms. The molecule has 2 N–H and O–H groups in total. The van der Waals surface area contributed by atoms with Crippen molar-refractivity contribution in [2.24, 2.45) is 0 Å². The van der Waals surface area contributed by atoms with Gasteiger partial charge >= 0.3 is 0 Å². The van der Waals surface area contributed by atoms with Gasteiger partial charge in [-0.1, -0.05) is 19.4 Å². The van der Waals surface area contributed by atoms with Crippen molar-refractivity contribution in [2.75, 3.05) is 15.8 Å². The number of halogens is 1. The van der Waals surface area contributed by atoms with Crippen LogP contribution in [0.3, 0.4) is 0 Å². The van der Waals surface area contributed by atoms with Crippen LogP contribution in [0.4, 0.5) is 21.6 Å². The van der Waals surface area contributed by atoms with Gasteiger partial charge in [0.2, 0.25) is 10.0 Å². The van der Waals surface area contributed by atoms with Crippen LogP contribution in [0.5, 0.6) is 0 Å². The number of rotatable bonds is 7. The molecule has 0 bridgehead atoms. The first-order valence-corrected chi connectivity index (χ1v) is 8.63. The molecule has 2 aromatic rings. The highest BCUT2D eigenvalue weighted by atomic mass is 32.2. The average Bonchev–Trinajstić information content (AvgIpc) is 2.47. The fourth-order valence-corrected chi connectivity index (χ4v) is 3.02. The van der Waals surface area contributed by atoms with E-state index in [0.29, 0.717) is 17.8 Å². The Morgan fingerprint density at radius 1 is 1.18 bits per heavy atom. The molecule has 0 unspecified atom stereocenters. The summed E-state index contributed by atoms with van der Waals surface area (Å²) in [5, 5.41) is 2.99. The van der Waals surface area contributed by atoms with Crippen molar-refractivity contribution in [3.8, 4) is 0 Å². The summed E-state index contributed by atoms with van der Waals surface area (Å²) in [5.74, 6) is 0.00763. The van der Waals surface area contributed by atoms with Gasteiger partial charge in [0.1, 0.15) is 11.6 Å². The summed E-state index contributed by atoms with van der Waals surface area (Å²) in [7, 11) is -3.36. The van der Waals surface area contributed by atoms with E-state index in [0.717, 1.165) is 6.42 Å². The highest BCUT2D eigenvalue weighted by molar-refractivity contribution is 7.92. The summed E-state index contributed by atoms with van der Waals surface area (Å²) in [6, 6.07) is 9.28. The van der Waals surface area contributed by atoms with E-state index in [4.69, 9.17) is 0 Å². The Balaban J connectivity index is 2.01. The number of nitrogens with zero attached hydrogens (tertiary/aromatic N) is 1. The van der Waals surface area contributed by atoms with Crippen LogP contribution in [0.25, 0.3) is 0 Å². The molecule has 0 saturated heterocycles. The molecule has 0 atom stereocenters. The number of aromatic nitrogens is 1. The van der Waals surface area contributed by atoms with Crippen LogP contribution in [0.2, 0.25) is 0 Å². The monoisotopic (exact) mass is 323 g/mol. The van der Waals surface area contributed by atoms with Crippen molar-refractivity contribution < 1.29 is 12.8 Å². The van der Waals surface area contributed by atoms with Gasteiger partial charge in [-0.3, -0.25) is 4.72 Å². The molecule has 0 aliphatic heterocycles. The third-order valence-corrected chi connectivity index (χ3v) is 4.25. The summed E-state index contributed by atoms with van der Waals surface area (Å²) in [6.07, 6.45) is 2.90. The fraction of sp³-hybridized carbons (Fsp3) is 0.267. The van der Waals surface area contributed by atoms with E-state index in [1.165, 1.54) is 18.3 Å². The Hall–Kier alpha value is -2.15. The molecule has 0 saturated carbocycles. The van der Waals surface area contributed by atoms with Gasteiger partial charge in [-0.2, -0.15) is 0 Å². The lowest BCUT2D eigenvalue weighted by atomic mass is 10.3. The third-order valence-electron chi connectivity index (χ3n) is 2.90. The van der Waals surface area contributed by atoms with Crippen molar-refractivity contribution >= 4 is 27.2 Å². The smallest absolute Gasteiger partial charge is 0.233 e. The van der Waals surface area contributed by atoms with Crippen molar-refractivity contribution in [1.29, 1.82) is 0 Å². The maximum atomic E-state index is 13.1. The number of pyridine rings is 1. The first kappa shape index (κ1) is 16.2. The molecule has 5 nitrogen and oxygen atoms in total. The van der Waals surface area contributed by atoms with Gasteiger partial charge in [0.25, 0.3) is 0 Å². The molecule has 1 aromatic heterocycles. The molecule has 0 fully saturated rings. The summed E-state index contributed by atoms with van der Waals surface area (Å²) in [4.78, 5) is 4.04. The maximum Gasteiger partial charge on any atom is 0.233 e. The molecule has 22 heavy (non-hydrogen) atoms. The predicted octanol–water partition coefficient (Wildman–Crippen LogP) is 3.51. The van der Waals surface area contributed by atoms with Crippen LogP contribution in [-0.4, -0.2) is 19.2 Å². The zero-order valence-corrected chi connectivity index (χ0v) is 13.0. The molecule has 0 aliphatic rings. The van der Waals surface area contributed by atoms with E-state index in [2.05, 4.69) is 15.0 Å². The van der Waals surface area contributed by atoms with Crippen molar-refractivity contribution in [2.45, 2.75) is 19.8 Å². The summed E-state index contributed by atoms with van der Waals surface area (Å²) >= 11 is 0. The van der Waals surface area contributed by atoms with Gasteiger partial charge < -0.3 is 5.32 Å². The van der Waals surface area contributed by atoms with Gasteiger partial charge in [0, 0.05) is 5.69 Å². The average molecular weight is 323 g/mol. The lowest BCUT2D eigenvalue weighted by molar-refractivity contribution is 0.597. The topological polar surface area (TPSA) is 71.1 Å². The largest absolute Gasteiger partial charge is 0.354 e. The molecular formula is C15H18FN3O2S. The number of sulfonamides is 1. The molecule has 0 aliphatic carbocycles. The van der Waals surface area contributed by atoms with Gasteiger partial charge in [0.15, 0.2) is 0 Å². The molecule has 1 heterocycles. The Morgan fingerprint density at radius 2 is 2.00 bits per heavy atom. The molecule has 0 radical (unpaired) electrons. The van der Waals surface area contributed by atoms with E-state index in [1.54, 1.807) is 24.3 Å². The molecular weight excluding hydrogens is 305 g/mol. The number of unbranched alkanes of at least 4 members (excludes halogenated alkanes) is 1. The van der Waals surface area contributed by atoms with E-state index in [9.17, 15) is 12.8 Å². The van der Waals surface area contributed by atoms with Crippen molar-refractivity contribution in [3.63, 3.8) is 0 Å². The van der Waals surface area contributed by atoms with E-state index in [1.807, 2.05) is 6.92 Å². The Bertz CT molecular complexity index is 718. The van der Waals surface area contributed by atoms with Gasteiger partial charge in [0.05, 0.1) is 17.6 Å². The Labute approximate surface area is 129 Å². The number of hydrogen-bond acceptors (Lipinski definition) is 4.